The van der Waals surface area contributed by atoms with Crippen molar-refractivity contribution < 1.29 is 0 Å². The fraction of sp³-hybridized carbons (Fsp3) is 0.438. The minimum absolute atomic E-state index is 0.0611. The van der Waals surface area contributed by atoms with Gasteiger partial charge in [0.25, 0.3) is 0 Å². The summed E-state index contributed by atoms with van der Waals surface area (Å²) in [5, 5.41) is 0. The van der Waals surface area contributed by atoms with Crippen molar-refractivity contribution >= 4 is 0 Å². The summed E-state index contributed by atoms with van der Waals surface area (Å²) >= 11 is 0. The average Bonchev–Trinajstić information content (AvgIpc) is 2.66. The van der Waals surface area contributed by atoms with Gasteiger partial charge in [0.2, 0.25) is 0 Å². The lowest BCUT2D eigenvalue weighted by molar-refractivity contribution is 0.388. The van der Waals surface area contributed by atoms with Crippen molar-refractivity contribution in [3.8, 4) is 0 Å². The molecule has 100 valence electrons. The van der Waals surface area contributed by atoms with Crippen LogP contribution in [0.25, 0.3) is 0 Å². The predicted molar refractivity (Wildman–Crippen MR) is 77.0 cm³/mol. The quantitative estimate of drug-likeness (QED) is 0.796. The SMILES string of the molecule is Cc1ncn(C2CCCc3ccccc3C2N)c1C. The first kappa shape index (κ1) is 12.4. The van der Waals surface area contributed by atoms with E-state index in [0.717, 1.165) is 18.5 Å². The number of fused-ring (bicyclic) bond motifs is 1. The van der Waals surface area contributed by atoms with Crippen LogP contribution in [0, 0.1) is 13.8 Å². The van der Waals surface area contributed by atoms with Crippen LogP contribution in [0.3, 0.4) is 0 Å². The summed E-state index contributed by atoms with van der Waals surface area (Å²) in [6.07, 6.45) is 5.38. The van der Waals surface area contributed by atoms with Crippen molar-refractivity contribution in [1.82, 2.24) is 9.55 Å². The highest BCUT2D eigenvalue weighted by atomic mass is 15.1. The zero-order chi connectivity index (χ0) is 13.4. The van der Waals surface area contributed by atoms with Crippen molar-refractivity contribution in [3.63, 3.8) is 0 Å². The summed E-state index contributed by atoms with van der Waals surface area (Å²) in [6, 6.07) is 8.97. The van der Waals surface area contributed by atoms with E-state index >= 15 is 0 Å². The van der Waals surface area contributed by atoms with Crippen LogP contribution >= 0.6 is 0 Å². The predicted octanol–water partition coefficient (Wildman–Crippen LogP) is 3.08. The molecular formula is C16H21N3. The molecule has 1 aliphatic rings. The summed E-state index contributed by atoms with van der Waals surface area (Å²) in [6.45, 7) is 4.19. The maximum Gasteiger partial charge on any atom is 0.0954 e. The van der Waals surface area contributed by atoms with Crippen molar-refractivity contribution in [2.45, 2.75) is 45.2 Å². The number of aryl methyl sites for hydroxylation is 2. The number of nitrogens with zero attached hydrogens (tertiary/aromatic N) is 2. The number of hydrogen-bond donors (Lipinski definition) is 1. The summed E-state index contributed by atoms with van der Waals surface area (Å²) in [4.78, 5) is 4.42. The Labute approximate surface area is 114 Å². The first-order valence-corrected chi connectivity index (χ1v) is 7.02. The highest BCUT2D eigenvalue weighted by Gasteiger charge is 2.26. The minimum Gasteiger partial charge on any atom is -0.330 e. The first-order valence-electron chi connectivity index (χ1n) is 7.02. The topological polar surface area (TPSA) is 43.8 Å². The highest BCUT2D eigenvalue weighted by molar-refractivity contribution is 5.32. The molecule has 3 rings (SSSR count). The number of nitrogens with two attached hydrogens (primary N) is 1. The van der Waals surface area contributed by atoms with E-state index in [1.807, 2.05) is 6.33 Å². The zero-order valence-corrected chi connectivity index (χ0v) is 11.6. The van der Waals surface area contributed by atoms with Gasteiger partial charge >= 0.3 is 0 Å². The van der Waals surface area contributed by atoms with Gasteiger partial charge in [0.15, 0.2) is 0 Å². The number of rotatable bonds is 1. The first-order chi connectivity index (χ1) is 9.18. The van der Waals surface area contributed by atoms with Crippen LogP contribution in [0.5, 0.6) is 0 Å². The summed E-state index contributed by atoms with van der Waals surface area (Å²) in [5.41, 5.74) is 11.6. The Morgan fingerprint density at radius 1 is 1.26 bits per heavy atom. The van der Waals surface area contributed by atoms with Crippen LogP contribution in [-0.4, -0.2) is 9.55 Å². The molecule has 2 N–H and O–H groups in total. The van der Waals surface area contributed by atoms with Gasteiger partial charge in [-0.3, -0.25) is 0 Å². The molecule has 3 nitrogen and oxygen atoms in total. The highest BCUT2D eigenvalue weighted by Crippen LogP contribution is 2.35. The second kappa shape index (κ2) is 4.82. The minimum atomic E-state index is 0.0611. The third-order valence-electron chi connectivity index (χ3n) is 4.42. The molecule has 1 aromatic heterocycles. The molecule has 1 aromatic carbocycles. The summed E-state index contributed by atoms with van der Waals surface area (Å²) < 4.78 is 2.27. The number of hydrogen-bond acceptors (Lipinski definition) is 2. The summed E-state index contributed by atoms with van der Waals surface area (Å²) in [5.74, 6) is 0. The van der Waals surface area contributed by atoms with Crippen LogP contribution in [0.15, 0.2) is 30.6 Å². The van der Waals surface area contributed by atoms with E-state index in [1.54, 1.807) is 0 Å². The van der Waals surface area contributed by atoms with Gasteiger partial charge in [-0.15, -0.1) is 0 Å². The summed E-state index contributed by atoms with van der Waals surface area (Å²) in [7, 11) is 0. The Balaban J connectivity index is 2.02. The largest absolute Gasteiger partial charge is 0.330 e. The number of benzene rings is 1. The lowest BCUT2D eigenvalue weighted by atomic mass is 9.97. The van der Waals surface area contributed by atoms with Crippen molar-refractivity contribution in [2.75, 3.05) is 0 Å². The third kappa shape index (κ3) is 2.08. The Bertz CT molecular complexity index is 585. The fourth-order valence-corrected chi connectivity index (χ4v) is 3.14. The van der Waals surface area contributed by atoms with Crippen LogP contribution in [-0.2, 0) is 6.42 Å². The molecule has 0 amide bonds. The van der Waals surface area contributed by atoms with Crippen molar-refractivity contribution in [1.29, 1.82) is 0 Å². The van der Waals surface area contributed by atoms with Gasteiger partial charge in [-0.05, 0) is 44.2 Å². The Morgan fingerprint density at radius 3 is 2.79 bits per heavy atom. The molecule has 0 saturated carbocycles. The fourth-order valence-electron chi connectivity index (χ4n) is 3.14. The van der Waals surface area contributed by atoms with Crippen LogP contribution < -0.4 is 5.73 Å². The van der Waals surface area contributed by atoms with E-state index in [-0.39, 0.29) is 6.04 Å². The van der Waals surface area contributed by atoms with Gasteiger partial charge in [-0.2, -0.15) is 0 Å². The molecule has 3 heteroatoms. The van der Waals surface area contributed by atoms with E-state index in [0.29, 0.717) is 6.04 Å². The third-order valence-corrected chi connectivity index (χ3v) is 4.42. The van der Waals surface area contributed by atoms with Crippen molar-refractivity contribution in [3.05, 3.63) is 53.1 Å². The van der Waals surface area contributed by atoms with E-state index in [2.05, 4.69) is 47.7 Å². The second-order valence-electron chi connectivity index (χ2n) is 5.51. The molecule has 0 radical (unpaired) electrons. The molecule has 2 unspecified atom stereocenters. The molecule has 1 heterocycles. The Hall–Kier alpha value is -1.61. The molecule has 2 aromatic rings. The lowest BCUT2D eigenvalue weighted by Gasteiger charge is -2.25. The number of aromatic nitrogens is 2. The van der Waals surface area contributed by atoms with Gasteiger partial charge in [0.05, 0.1) is 24.1 Å². The van der Waals surface area contributed by atoms with Gasteiger partial charge in [0.1, 0.15) is 0 Å². The molecule has 0 fully saturated rings. The molecular weight excluding hydrogens is 234 g/mol. The van der Waals surface area contributed by atoms with E-state index in [1.165, 1.54) is 23.2 Å². The normalized spacial score (nSPS) is 22.9. The number of imidazole rings is 1. The Kier molecular flexibility index (Phi) is 3.15. The molecule has 0 saturated heterocycles. The van der Waals surface area contributed by atoms with Crippen molar-refractivity contribution in [2.24, 2.45) is 5.73 Å². The van der Waals surface area contributed by atoms with Crippen LogP contribution in [0.1, 0.15) is 47.4 Å². The molecule has 19 heavy (non-hydrogen) atoms. The smallest absolute Gasteiger partial charge is 0.0954 e. The molecule has 1 aliphatic carbocycles. The van der Waals surface area contributed by atoms with Gasteiger partial charge < -0.3 is 10.3 Å². The van der Waals surface area contributed by atoms with E-state index in [9.17, 15) is 0 Å². The van der Waals surface area contributed by atoms with Gasteiger partial charge in [-0.1, -0.05) is 24.3 Å². The van der Waals surface area contributed by atoms with Crippen LogP contribution in [0.4, 0.5) is 0 Å². The van der Waals surface area contributed by atoms with Gasteiger partial charge in [0, 0.05) is 5.69 Å². The second-order valence-corrected chi connectivity index (χ2v) is 5.51. The molecule has 0 spiro atoms. The lowest BCUT2D eigenvalue weighted by Crippen LogP contribution is -2.24. The molecule has 2 atom stereocenters. The monoisotopic (exact) mass is 255 g/mol. The molecule has 0 aliphatic heterocycles. The Morgan fingerprint density at radius 2 is 2.05 bits per heavy atom. The average molecular weight is 255 g/mol. The maximum absolute atomic E-state index is 6.55. The van der Waals surface area contributed by atoms with E-state index in [4.69, 9.17) is 5.73 Å². The van der Waals surface area contributed by atoms with Gasteiger partial charge in [-0.25, -0.2) is 4.98 Å². The van der Waals surface area contributed by atoms with E-state index < -0.39 is 0 Å². The standard InChI is InChI=1S/C16H21N3/c1-11-12(2)19(10-18-11)15-9-5-7-13-6-3-4-8-14(13)16(15)17/h3-4,6,8,10,15-16H,5,7,9,17H2,1-2H3. The molecule has 0 bridgehead atoms. The van der Waals surface area contributed by atoms with Crippen LogP contribution in [0.2, 0.25) is 0 Å². The maximum atomic E-state index is 6.55. The zero-order valence-electron chi connectivity index (χ0n) is 11.6.